The van der Waals surface area contributed by atoms with Crippen molar-refractivity contribution in [1.82, 2.24) is 9.78 Å². The second-order valence-corrected chi connectivity index (χ2v) is 5.16. The highest BCUT2D eigenvalue weighted by Gasteiger charge is 2.24. The summed E-state index contributed by atoms with van der Waals surface area (Å²) in [5, 5.41) is 14.2. The molecule has 0 fully saturated rings. The number of nitrogens with zero attached hydrogens (tertiary/aromatic N) is 3. The Morgan fingerprint density at radius 3 is 2.61 bits per heavy atom. The second-order valence-electron chi connectivity index (χ2n) is 4.76. The normalized spacial score (nSPS) is 11.3. The molecule has 0 saturated heterocycles. The van der Waals surface area contributed by atoms with E-state index in [1.165, 1.54) is 0 Å². The first-order chi connectivity index (χ1) is 8.45. The van der Waals surface area contributed by atoms with Gasteiger partial charge in [0.05, 0.1) is 22.9 Å². The van der Waals surface area contributed by atoms with Crippen LogP contribution in [0.1, 0.15) is 19.5 Å². The fraction of sp³-hybridized carbons (Fsp3) is 0.286. The van der Waals surface area contributed by atoms with Gasteiger partial charge in [-0.25, -0.2) is 0 Å². The number of benzene rings is 1. The summed E-state index contributed by atoms with van der Waals surface area (Å²) in [7, 11) is 1.86. The first-order valence-electron chi connectivity index (χ1n) is 5.66. The lowest BCUT2D eigenvalue weighted by Crippen LogP contribution is -2.14. The highest BCUT2D eigenvalue weighted by molar-refractivity contribution is 6.33. The molecular weight excluding hydrogens is 246 g/mol. The van der Waals surface area contributed by atoms with E-state index in [0.29, 0.717) is 5.02 Å². The van der Waals surface area contributed by atoms with Gasteiger partial charge in [-0.3, -0.25) is 4.68 Å². The maximum atomic E-state index is 9.15. The van der Waals surface area contributed by atoms with Gasteiger partial charge in [-0.15, -0.1) is 0 Å². The van der Waals surface area contributed by atoms with Crippen LogP contribution in [0.2, 0.25) is 5.02 Å². The summed E-state index contributed by atoms with van der Waals surface area (Å²) in [6.45, 7) is 3.71. The standard InChI is InChI=1S/C14H14ClN3/c1-14(2,9-16)13-8-12(18(3)17-13)10-6-4-5-7-11(10)15/h4-8H,1-3H3. The molecule has 1 heterocycles. The van der Waals surface area contributed by atoms with Crippen molar-refractivity contribution in [2.45, 2.75) is 19.3 Å². The molecule has 0 aliphatic rings. The van der Waals surface area contributed by atoms with E-state index in [1.54, 1.807) is 4.68 Å². The topological polar surface area (TPSA) is 41.6 Å². The Morgan fingerprint density at radius 1 is 1.33 bits per heavy atom. The van der Waals surface area contributed by atoms with Gasteiger partial charge in [-0.2, -0.15) is 10.4 Å². The van der Waals surface area contributed by atoms with Crippen molar-refractivity contribution in [3.8, 4) is 17.3 Å². The van der Waals surface area contributed by atoms with Crippen LogP contribution in [0.25, 0.3) is 11.3 Å². The lowest BCUT2D eigenvalue weighted by atomic mass is 9.91. The summed E-state index contributed by atoms with van der Waals surface area (Å²) in [5.74, 6) is 0. The summed E-state index contributed by atoms with van der Waals surface area (Å²) in [5.41, 5.74) is 1.99. The van der Waals surface area contributed by atoms with Gasteiger partial charge in [-0.1, -0.05) is 29.8 Å². The zero-order valence-electron chi connectivity index (χ0n) is 10.6. The molecule has 0 atom stereocenters. The molecule has 2 rings (SSSR count). The Kier molecular flexibility index (Phi) is 3.14. The van der Waals surface area contributed by atoms with Gasteiger partial charge in [0.1, 0.15) is 0 Å². The third-order valence-electron chi connectivity index (χ3n) is 2.95. The molecule has 4 heteroatoms. The van der Waals surface area contributed by atoms with E-state index in [9.17, 15) is 0 Å². The summed E-state index contributed by atoms with van der Waals surface area (Å²) in [4.78, 5) is 0. The molecule has 18 heavy (non-hydrogen) atoms. The molecule has 0 unspecified atom stereocenters. The highest BCUT2D eigenvalue weighted by atomic mass is 35.5. The molecule has 0 spiro atoms. The van der Waals surface area contributed by atoms with Crippen LogP contribution in [0.5, 0.6) is 0 Å². The minimum absolute atomic E-state index is 0.600. The zero-order valence-corrected chi connectivity index (χ0v) is 11.4. The molecule has 92 valence electrons. The van der Waals surface area contributed by atoms with E-state index in [-0.39, 0.29) is 0 Å². The van der Waals surface area contributed by atoms with Crippen LogP contribution in [-0.4, -0.2) is 9.78 Å². The fourth-order valence-corrected chi connectivity index (χ4v) is 1.98. The van der Waals surface area contributed by atoms with Crippen molar-refractivity contribution < 1.29 is 0 Å². The first-order valence-corrected chi connectivity index (χ1v) is 6.04. The molecule has 0 amide bonds. The molecule has 0 saturated carbocycles. The average molecular weight is 260 g/mol. The molecular formula is C14H14ClN3. The first kappa shape index (κ1) is 12.7. The molecule has 1 aromatic heterocycles. The number of hydrogen-bond donors (Lipinski definition) is 0. The van der Waals surface area contributed by atoms with Crippen molar-refractivity contribution in [3.63, 3.8) is 0 Å². The van der Waals surface area contributed by atoms with E-state index in [1.807, 2.05) is 51.2 Å². The van der Waals surface area contributed by atoms with E-state index in [4.69, 9.17) is 16.9 Å². The van der Waals surface area contributed by atoms with Gasteiger partial charge >= 0.3 is 0 Å². The second kappa shape index (κ2) is 4.47. The summed E-state index contributed by atoms with van der Waals surface area (Å²) in [6, 6.07) is 11.8. The van der Waals surface area contributed by atoms with E-state index >= 15 is 0 Å². The smallest absolute Gasteiger partial charge is 0.0955 e. The van der Waals surface area contributed by atoms with Crippen molar-refractivity contribution in [2.24, 2.45) is 7.05 Å². The maximum absolute atomic E-state index is 9.15. The van der Waals surface area contributed by atoms with Crippen molar-refractivity contribution >= 4 is 11.6 Å². The largest absolute Gasteiger partial charge is 0.268 e. The van der Waals surface area contributed by atoms with Crippen LogP contribution in [0.4, 0.5) is 0 Å². The molecule has 0 radical (unpaired) electrons. The lowest BCUT2D eigenvalue weighted by Gasteiger charge is -2.10. The van der Waals surface area contributed by atoms with Crippen LogP contribution in [0, 0.1) is 11.3 Å². The average Bonchev–Trinajstić information content (AvgIpc) is 2.73. The Labute approximate surface area is 112 Å². The van der Waals surface area contributed by atoms with Crippen molar-refractivity contribution in [3.05, 3.63) is 41.0 Å². The number of aryl methyl sites for hydroxylation is 1. The Morgan fingerprint density at radius 2 is 2.00 bits per heavy atom. The van der Waals surface area contributed by atoms with E-state index in [0.717, 1.165) is 17.0 Å². The fourth-order valence-electron chi connectivity index (χ4n) is 1.75. The third-order valence-corrected chi connectivity index (χ3v) is 3.28. The van der Waals surface area contributed by atoms with Crippen LogP contribution in [0.15, 0.2) is 30.3 Å². The molecule has 1 aromatic carbocycles. The number of rotatable bonds is 2. The Hall–Kier alpha value is -1.79. The number of nitriles is 1. The minimum Gasteiger partial charge on any atom is -0.268 e. The molecule has 0 aliphatic heterocycles. The van der Waals surface area contributed by atoms with Crippen LogP contribution in [0.3, 0.4) is 0 Å². The van der Waals surface area contributed by atoms with Crippen LogP contribution in [-0.2, 0) is 12.5 Å². The molecule has 2 aromatic rings. The van der Waals surface area contributed by atoms with Gasteiger partial charge < -0.3 is 0 Å². The van der Waals surface area contributed by atoms with Gasteiger partial charge in [0.25, 0.3) is 0 Å². The van der Waals surface area contributed by atoms with E-state index in [2.05, 4.69) is 11.2 Å². The van der Waals surface area contributed by atoms with Gasteiger partial charge in [0.2, 0.25) is 0 Å². The quantitative estimate of drug-likeness (QED) is 0.828. The van der Waals surface area contributed by atoms with Gasteiger partial charge in [0, 0.05) is 17.6 Å². The predicted octanol–water partition coefficient (Wildman–Crippen LogP) is 3.54. The minimum atomic E-state index is -0.600. The zero-order chi connectivity index (χ0) is 13.3. The summed E-state index contributed by atoms with van der Waals surface area (Å²) < 4.78 is 1.76. The lowest BCUT2D eigenvalue weighted by molar-refractivity contribution is 0.628. The van der Waals surface area contributed by atoms with E-state index < -0.39 is 5.41 Å². The highest BCUT2D eigenvalue weighted by Crippen LogP contribution is 2.30. The molecule has 0 bridgehead atoms. The number of hydrogen-bond acceptors (Lipinski definition) is 2. The predicted molar refractivity (Wildman–Crippen MR) is 72.3 cm³/mol. The monoisotopic (exact) mass is 259 g/mol. The molecule has 3 nitrogen and oxygen atoms in total. The van der Waals surface area contributed by atoms with Gasteiger partial charge in [-0.05, 0) is 26.0 Å². The maximum Gasteiger partial charge on any atom is 0.0955 e. The van der Waals surface area contributed by atoms with Crippen molar-refractivity contribution in [1.29, 1.82) is 5.26 Å². The summed E-state index contributed by atoms with van der Waals surface area (Å²) in [6.07, 6.45) is 0. The Bertz CT molecular complexity index is 620. The van der Waals surface area contributed by atoms with Crippen LogP contribution >= 0.6 is 11.6 Å². The number of halogens is 1. The third kappa shape index (κ3) is 2.12. The van der Waals surface area contributed by atoms with Crippen LogP contribution < -0.4 is 0 Å². The Balaban J connectivity index is 2.56. The molecule has 0 aliphatic carbocycles. The summed E-state index contributed by atoms with van der Waals surface area (Å²) >= 11 is 6.18. The van der Waals surface area contributed by atoms with Gasteiger partial charge in [0.15, 0.2) is 0 Å². The molecule has 0 N–H and O–H groups in total. The van der Waals surface area contributed by atoms with Crippen molar-refractivity contribution in [2.75, 3.05) is 0 Å². The SMILES string of the molecule is Cn1nc(C(C)(C)C#N)cc1-c1ccccc1Cl. The number of aromatic nitrogens is 2.